The van der Waals surface area contributed by atoms with Crippen molar-refractivity contribution in [3.63, 3.8) is 0 Å². The molecule has 2 aromatic rings. The van der Waals surface area contributed by atoms with Gasteiger partial charge in [-0.3, -0.25) is 4.57 Å². The Morgan fingerprint density at radius 2 is 1.72 bits per heavy atom. The first-order valence-electron chi connectivity index (χ1n) is 8.97. The lowest BCUT2D eigenvalue weighted by Crippen LogP contribution is -2.32. The van der Waals surface area contributed by atoms with Crippen LogP contribution < -0.4 is 14.8 Å². The highest BCUT2D eigenvalue weighted by molar-refractivity contribution is 7.51. The van der Waals surface area contributed by atoms with Crippen LogP contribution in [-0.2, 0) is 17.6 Å². The van der Waals surface area contributed by atoms with Crippen LogP contribution in [0.5, 0.6) is 17.2 Å². The Morgan fingerprint density at radius 1 is 1.03 bits per heavy atom. The molecule has 0 aliphatic rings. The lowest BCUT2D eigenvalue weighted by Gasteiger charge is -2.14. The van der Waals surface area contributed by atoms with E-state index in [1.165, 1.54) is 12.1 Å². The van der Waals surface area contributed by atoms with Crippen molar-refractivity contribution < 1.29 is 39.1 Å². The molecule has 2 rings (SSSR count). The molecule has 0 unspecified atom stereocenters. The predicted octanol–water partition coefficient (Wildman–Crippen LogP) is 0.970. The van der Waals surface area contributed by atoms with Crippen molar-refractivity contribution in [3.8, 4) is 17.2 Å². The molecule has 0 amide bonds. The summed E-state index contributed by atoms with van der Waals surface area (Å²) in [5, 5.41) is 31.7. The number of nitrogens with one attached hydrogen (secondary N) is 1. The number of hydrogen-bond acceptors (Lipinski definition) is 7. The fraction of sp³-hybridized carbons (Fsp3) is 0.368. The third kappa shape index (κ3) is 8.82. The average molecular weight is 427 g/mol. The molecule has 1 atom stereocenters. The van der Waals surface area contributed by atoms with Gasteiger partial charge in [-0.15, -0.1) is 0 Å². The Morgan fingerprint density at radius 3 is 2.38 bits per heavy atom. The van der Waals surface area contributed by atoms with Crippen LogP contribution in [0.25, 0.3) is 0 Å². The van der Waals surface area contributed by atoms with E-state index in [2.05, 4.69) is 5.32 Å². The molecule has 0 heterocycles. The highest BCUT2D eigenvalue weighted by atomic mass is 31.2. The number of aliphatic hydroxyl groups is 2. The zero-order chi connectivity index (χ0) is 21.3. The monoisotopic (exact) mass is 427 g/mol. The summed E-state index contributed by atoms with van der Waals surface area (Å²) in [4.78, 5) is 17.6. The zero-order valence-corrected chi connectivity index (χ0v) is 16.7. The molecular formula is C19H26NO8P. The van der Waals surface area contributed by atoms with Crippen molar-refractivity contribution in [2.24, 2.45) is 0 Å². The third-order valence-corrected chi connectivity index (χ3v) is 4.42. The van der Waals surface area contributed by atoms with E-state index in [0.717, 1.165) is 5.56 Å². The molecule has 0 bridgehead atoms. The van der Waals surface area contributed by atoms with Gasteiger partial charge in [0.2, 0.25) is 0 Å². The molecule has 29 heavy (non-hydrogen) atoms. The molecule has 9 nitrogen and oxygen atoms in total. The third-order valence-electron chi connectivity index (χ3n) is 3.96. The van der Waals surface area contributed by atoms with Gasteiger partial charge >= 0.3 is 7.60 Å². The Hall–Kier alpha value is -2.13. The van der Waals surface area contributed by atoms with E-state index >= 15 is 0 Å². The summed E-state index contributed by atoms with van der Waals surface area (Å²) in [7, 11) is -4.19. The van der Waals surface area contributed by atoms with Crippen molar-refractivity contribution in [1.29, 1.82) is 0 Å². The normalized spacial score (nSPS) is 12.6. The Labute approximate surface area is 168 Å². The second kappa shape index (κ2) is 11.2. The molecule has 0 aromatic heterocycles. The van der Waals surface area contributed by atoms with Crippen molar-refractivity contribution in [2.45, 2.75) is 19.1 Å². The minimum Gasteiger partial charge on any atom is -0.508 e. The molecule has 0 aliphatic heterocycles. The Kier molecular flexibility index (Phi) is 8.91. The molecular weight excluding hydrogens is 401 g/mol. The van der Waals surface area contributed by atoms with E-state index in [0.29, 0.717) is 36.6 Å². The van der Waals surface area contributed by atoms with E-state index in [1.54, 1.807) is 30.3 Å². The van der Waals surface area contributed by atoms with Crippen LogP contribution in [0.1, 0.15) is 11.1 Å². The lowest BCUT2D eigenvalue weighted by atomic mass is 10.1. The quantitative estimate of drug-likeness (QED) is 0.215. The van der Waals surface area contributed by atoms with E-state index in [4.69, 9.17) is 24.4 Å². The summed E-state index contributed by atoms with van der Waals surface area (Å²) in [6, 6.07) is 11.4. The molecule has 10 heteroatoms. The van der Waals surface area contributed by atoms with Crippen molar-refractivity contribution in [3.05, 3.63) is 53.6 Å². The number of aromatic hydroxyl groups is 1. The van der Waals surface area contributed by atoms with Crippen LogP contribution in [0.3, 0.4) is 0 Å². The van der Waals surface area contributed by atoms with E-state index in [1.807, 2.05) is 0 Å². The number of hydrogen-bond donors (Lipinski definition) is 6. The van der Waals surface area contributed by atoms with E-state index in [-0.39, 0.29) is 19.0 Å². The molecule has 0 radical (unpaired) electrons. The average Bonchev–Trinajstić information content (AvgIpc) is 2.69. The second-order valence-electron chi connectivity index (χ2n) is 6.45. The molecule has 0 fully saturated rings. The van der Waals surface area contributed by atoms with Gasteiger partial charge < -0.3 is 39.9 Å². The number of rotatable bonds is 12. The number of benzene rings is 2. The zero-order valence-electron chi connectivity index (χ0n) is 15.8. The number of aliphatic hydroxyl groups excluding tert-OH is 2. The highest BCUT2D eigenvalue weighted by Gasteiger charge is 2.13. The van der Waals surface area contributed by atoms with Gasteiger partial charge in [-0.25, -0.2) is 0 Å². The SMILES string of the molecule is O=P(O)(O)COc1ccc(CCNC[C@H](O)COc2ccc(O)c(CO)c2)cc1. The highest BCUT2D eigenvalue weighted by Crippen LogP contribution is 2.34. The standard InChI is InChI=1S/C19H26NO8P/c21-11-15-9-18(5-6-19(15)23)27-12-16(22)10-20-8-7-14-1-3-17(4-2-14)28-13-29(24,25)26/h1-6,9,16,20-23H,7-8,10-13H2,(H2,24,25,26)/t16-/m0/s1. The maximum absolute atomic E-state index is 10.8. The maximum Gasteiger partial charge on any atom is 0.362 e. The Balaban J connectivity index is 1.65. The van der Waals surface area contributed by atoms with E-state index in [9.17, 15) is 14.8 Å². The smallest absolute Gasteiger partial charge is 0.362 e. The van der Waals surface area contributed by atoms with Crippen LogP contribution in [-0.4, -0.2) is 57.3 Å². The van der Waals surface area contributed by atoms with Gasteiger partial charge in [0.25, 0.3) is 0 Å². The van der Waals surface area contributed by atoms with Gasteiger partial charge in [0.05, 0.1) is 6.61 Å². The largest absolute Gasteiger partial charge is 0.508 e. The number of ether oxygens (including phenoxy) is 2. The topological polar surface area (TPSA) is 149 Å². The van der Waals surface area contributed by atoms with Gasteiger partial charge in [0.1, 0.15) is 30.0 Å². The molecule has 160 valence electrons. The van der Waals surface area contributed by atoms with Crippen LogP contribution in [0.4, 0.5) is 0 Å². The van der Waals surface area contributed by atoms with Gasteiger partial charge in [-0.05, 0) is 48.9 Å². The molecule has 6 N–H and O–H groups in total. The first-order valence-corrected chi connectivity index (χ1v) is 10.8. The summed E-state index contributed by atoms with van der Waals surface area (Å²) in [5.41, 5.74) is 1.36. The van der Waals surface area contributed by atoms with Crippen LogP contribution >= 0.6 is 7.60 Å². The maximum atomic E-state index is 10.8. The second-order valence-corrected chi connectivity index (χ2v) is 8.04. The minimum absolute atomic E-state index is 0.0107. The Bertz CT molecular complexity index is 808. The lowest BCUT2D eigenvalue weighted by molar-refractivity contribution is 0.106. The fourth-order valence-electron chi connectivity index (χ4n) is 2.44. The number of phenols is 1. The molecule has 0 spiro atoms. The van der Waals surface area contributed by atoms with Gasteiger partial charge in [-0.1, -0.05) is 12.1 Å². The van der Waals surface area contributed by atoms with Crippen LogP contribution in [0.15, 0.2) is 42.5 Å². The minimum atomic E-state index is -4.19. The predicted molar refractivity (Wildman–Crippen MR) is 106 cm³/mol. The fourth-order valence-corrected chi connectivity index (χ4v) is 2.76. The van der Waals surface area contributed by atoms with Crippen molar-refractivity contribution in [2.75, 3.05) is 26.0 Å². The summed E-state index contributed by atoms with van der Waals surface area (Å²) in [6.07, 6.45) is -0.687. The van der Waals surface area contributed by atoms with Crippen molar-refractivity contribution in [1.82, 2.24) is 5.32 Å². The van der Waals surface area contributed by atoms with Gasteiger partial charge in [0.15, 0.2) is 6.35 Å². The first kappa shape index (κ1) is 23.2. The summed E-state index contributed by atoms with van der Waals surface area (Å²) < 4.78 is 21.3. The summed E-state index contributed by atoms with van der Waals surface area (Å²) in [5.74, 6) is 0.826. The first-order chi connectivity index (χ1) is 13.8. The molecule has 0 aliphatic carbocycles. The molecule has 0 saturated heterocycles. The van der Waals surface area contributed by atoms with Gasteiger partial charge in [0, 0.05) is 12.1 Å². The summed E-state index contributed by atoms with van der Waals surface area (Å²) >= 11 is 0. The molecule has 0 saturated carbocycles. The van der Waals surface area contributed by atoms with Crippen LogP contribution in [0.2, 0.25) is 0 Å². The molecule has 2 aromatic carbocycles. The van der Waals surface area contributed by atoms with E-state index < -0.39 is 20.0 Å². The van der Waals surface area contributed by atoms with Crippen LogP contribution in [0, 0.1) is 0 Å². The van der Waals surface area contributed by atoms with Crippen molar-refractivity contribution >= 4 is 7.60 Å². The summed E-state index contributed by atoms with van der Waals surface area (Å²) in [6.45, 7) is 0.709. The van der Waals surface area contributed by atoms with Gasteiger partial charge in [-0.2, -0.15) is 0 Å².